The Morgan fingerprint density at radius 3 is 2.74 bits per heavy atom. The lowest BCUT2D eigenvalue weighted by Gasteiger charge is -2.40. The molecule has 7 heteroatoms. The van der Waals surface area contributed by atoms with Crippen LogP contribution in [0.2, 0.25) is 0 Å². The van der Waals surface area contributed by atoms with Crippen LogP contribution in [0, 0.1) is 11.7 Å². The Hall–Kier alpha value is -3.19. The number of carbonyl (C=O) groups excluding carboxylic acids is 2. The molecular weight excluding hydrogens is 395 g/mol. The number of rotatable bonds is 3. The summed E-state index contributed by atoms with van der Waals surface area (Å²) in [6.45, 7) is 3.46. The van der Waals surface area contributed by atoms with Crippen molar-refractivity contribution in [3.63, 3.8) is 0 Å². The van der Waals surface area contributed by atoms with E-state index in [0.29, 0.717) is 24.3 Å². The van der Waals surface area contributed by atoms with Gasteiger partial charge in [-0.15, -0.1) is 0 Å². The normalized spacial score (nSPS) is 25.4. The minimum absolute atomic E-state index is 0.0401. The summed E-state index contributed by atoms with van der Waals surface area (Å²) in [7, 11) is 0. The van der Waals surface area contributed by atoms with Crippen molar-refractivity contribution in [1.29, 1.82) is 0 Å². The predicted molar refractivity (Wildman–Crippen MR) is 116 cm³/mol. The van der Waals surface area contributed by atoms with Gasteiger partial charge in [-0.3, -0.25) is 9.59 Å². The standard InChI is InChI=1S/C24H25FN4O2/c1-15(30)28-24-9-10-26-13-19(24)22(16-5-3-2-4-6-16)29(14-24)23(31)21-11-17-7-8-18(25)12-20(17)27-21/h2-8,11-12,19,22,26-27H,9-10,13-14H2,1H3,(H,28,30)/t19-,22-,24-/m1/s1. The number of fused-ring (bicyclic) bond motifs is 2. The maximum absolute atomic E-state index is 13.7. The van der Waals surface area contributed by atoms with Gasteiger partial charge in [-0.2, -0.15) is 0 Å². The zero-order valence-corrected chi connectivity index (χ0v) is 17.3. The Kier molecular flexibility index (Phi) is 4.78. The molecule has 2 aromatic carbocycles. The number of aromatic nitrogens is 1. The van der Waals surface area contributed by atoms with Crippen molar-refractivity contribution in [2.45, 2.75) is 24.9 Å². The largest absolute Gasteiger partial charge is 0.350 e. The van der Waals surface area contributed by atoms with E-state index < -0.39 is 5.54 Å². The molecule has 2 amide bonds. The molecule has 1 aromatic heterocycles. The van der Waals surface area contributed by atoms with Crippen LogP contribution in [0.25, 0.3) is 10.9 Å². The van der Waals surface area contributed by atoms with Gasteiger partial charge in [0.25, 0.3) is 5.91 Å². The van der Waals surface area contributed by atoms with Crippen molar-refractivity contribution in [2.24, 2.45) is 5.92 Å². The predicted octanol–water partition coefficient (Wildman–Crippen LogP) is 2.99. The van der Waals surface area contributed by atoms with Crippen molar-refractivity contribution in [2.75, 3.05) is 19.6 Å². The highest BCUT2D eigenvalue weighted by molar-refractivity contribution is 5.98. The van der Waals surface area contributed by atoms with E-state index in [1.807, 2.05) is 35.2 Å². The van der Waals surface area contributed by atoms with Crippen LogP contribution in [0.3, 0.4) is 0 Å². The Labute approximate surface area is 179 Å². The number of nitrogens with zero attached hydrogens (tertiary/aromatic N) is 1. The monoisotopic (exact) mass is 420 g/mol. The van der Waals surface area contributed by atoms with Crippen molar-refractivity contribution in [3.05, 3.63) is 71.7 Å². The summed E-state index contributed by atoms with van der Waals surface area (Å²) in [5.41, 5.74) is 1.57. The summed E-state index contributed by atoms with van der Waals surface area (Å²) < 4.78 is 13.6. The molecule has 0 aliphatic carbocycles. The molecule has 0 spiro atoms. The van der Waals surface area contributed by atoms with Gasteiger partial charge >= 0.3 is 0 Å². The number of aromatic amines is 1. The van der Waals surface area contributed by atoms with E-state index in [-0.39, 0.29) is 29.6 Å². The molecule has 3 aromatic rings. The molecule has 6 nitrogen and oxygen atoms in total. The van der Waals surface area contributed by atoms with E-state index in [2.05, 4.69) is 15.6 Å². The molecule has 31 heavy (non-hydrogen) atoms. The molecule has 0 bridgehead atoms. The lowest BCUT2D eigenvalue weighted by Crippen LogP contribution is -2.60. The van der Waals surface area contributed by atoms with Gasteiger partial charge in [0.05, 0.1) is 11.6 Å². The van der Waals surface area contributed by atoms with Gasteiger partial charge in [0, 0.05) is 36.8 Å². The smallest absolute Gasteiger partial charge is 0.270 e. The van der Waals surface area contributed by atoms with Crippen LogP contribution in [0.1, 0.15) is 35.4 Å². The van der Waals surface area contributed by atoms with Crippen LogP contribution in [0.5, 0.6) is 0 Å². The van der Waals surface area contributed by atoms with E-state index in [1.54, 1.807) is 12.1 Å². The summed E-state index contributed by atoms with van der Waals surface area (Å²) in [6.07, 6.45) is 0.752. The number of carbonyl (C=O) groups is 2. The molecular formula is C24H25FN4O2. The minimum Gasteiger partial charge on any atom is -0.350 e. The lowest BCUT2D eigenvalue weighted by atomic mass is 9.76. The van der Waals surface area contributed by atoms with Crippen LogP contribution < -0.4 is 10.6 Å². The van der Waals surface area contributed by atoms with Gasteiger partial charge in [-0.1, -0.05) is 30.3 Å². The Balaban J connectivity index is 1.58. The third kappa shape index (κ3) is 3.39. The van der Waals surface area contributed by atoms with E-state index in [9.17, 15) is 14.0 Å². The van der Waals surface area contributed by atoms with Crippen molar-refractivity contribution in [1.82, 2.24) is 20.5 Å². The zero-order valence-electron chi connectivity index (χ0n) is 17.3. The first-order chi connectivity index (χ1) is 15.0. The highest BCUT2D eigenvalue weighted by Gasteiger charge is 2.55. The van der Waals surface area contributed by atoms with Crippen LogP contribution in [0.15, 0.2) is 54.6 Å². The first kappa shape index (κ1) is 19.8. The average Bonchev–Trinajstić information content (AvgIpc) is 3.32. The van der Waals surface area contributed by atoms with E-state index >= 15 is 0 Å². The Morgan fingerprint density at radius 2 is 1.97 bits per heavy atom. The molecule has 160 valence electrons. The van der Waals surface area contributed by atoms with E-state index in [4.69, 9.17) is 0 Å². The average molecular weight is 420 g/mol. The van der Waals surface area contributed by atoms with Crippen LogP contribution in [-0.2, 0) is 4.79 Å². The van der Waals surface area contributed by atoms with Crippen LogP contribution in [-0.4, -0.2) is 46.9 Å². The number of nitrogens with one attached hydrogen (secondary N) is 3. The summed E-state index contributed by atoms with van der Waals surface area (Å²) in [6, 6.07) is 16.0. The molecule has 0 radical (unpaired) electrons. The molecule has 5 rings (SSSR count). The van der Waals surface area contributed by atoms with Gasteiger partial charge in [0.15, 0.2) is 0 Å². The number of amides is 2. The summed E-state index contributed by atoms with van der Waals surface area (Å²) in [4.78, 5) is 30.8. The van der Waals surface area contributed by atoms with E-state index in [1.165, 1.54) is 19.1 Å². The first-order valence-electron chi connectivity index (χ1n) is 10.6. The number of H-pyrrole nitrogens is 1. The van der Waals surface area contributed by atoms with Gasteiger partial charge in [-0.25, -0.2) is 4.39 Å². The van der Waals surface area contributed by atoms with Gasteiger partial charge in [0.2, 0.25) is 5.91 Å². The summed E-state index contributed by atoms with van der Waals surface area (Å²) in [5.74, 6) is -0.546. The molecule has 2 fully saturated rings. The fourth-order valence-corrected chi connectivity index (χ4v) is 5.35. The number of halogens is 1. The number of hydrogen-bond acceptors (Lipinski definition) is 3. The topological polar surface area (TPSA) is 77.2 Å². The number of piperidine rings is 1. The van der Waals surface area contributed by atoms with Crippen molar-refractivity contribution in [3.8, 4) is 0 Å². The second-order valence-corrected chi connectivity index (χ2v) is 8.60. The molecule has 3 heterocycles. The molecule has 3 atom stereocenters. The number of likely N-dealkylation sites (tertiary alicyclic amines) is 1. The molecule has 0 saturated carbocycles. The van der Waals surface area contributed by atoms with Gasteiger partial charge < -0.3 is 20.5 Å². The molecule has 0 unspecified atom stereocenters. The van der Waals surface area contributed by atoms with Crippen molar-refractivity contribution >= 4 is 22.7 Å². The molecule has 3 N–H and O–H groups in total. The van der Waals surface area contributed by atoms with Gasteiger partial charge in [0.1, 0.15) is 11.5 Å². The highest BCUT2D eigenvalue weighted by atomic mass is 19.1. The third-order valence-electron chi connectivity index (χ3n) is 6.63. The maximum Gasteiger partial charge on any atom is 0.270 e. The molecule has 2 aliphatic heterocycles. The number of benzene rings is 2. The summed E-state index contributed by atoms with van der Waals surface area (Å²) in [5, 5.41) is 7.42. The quantitative estimate of drug-likeness (QED) is 0.610. The summed E-state index contributed by atoms with van der Waals surface area (Å²) >= 11 is 0. The van der Waals surface area contributed by atoms with E-state index in [0.717, 1.165) is 23.9 Å². The van der Waals surface area contributed by atoms with Crippen LogP contribution >= 0.6 is 0 Å². The second kappa shape index (κ2) is 7.50. The number of hydrogen-bond donors (Lipinski definition) is 3. The SMILES string of the molecule is CC(=O)N[C@@]12CCNC[C@@H]1[C@@H](c1ccccc1)N(C(=O)c1cc3ccc(F)cc3[nH]1)C2. The Bertz CT molecular complexity index is 1140. The Morgan fingerprint density at radius 1 is 1.16 bits per heavy atom. The second-order valence-electron chi connectivity index (χ2n) is 8.60. The van der Waals surface area contributed by atoms with Crippen LogP contribution in [0.4, 0.5) is 4.39 Å². The first-order valence-corrected chi connectivity index (χ1v) is 10.6. The van der Waals surface area contributed by atoms with Crippen molar-refractivity contribution < 1.29 is 14.0 Å². The third-order valence-corrected chi connectivity index (χ3v) is 6.63. The lowest BCUT2D eigenvalue weighted by molar-refractivity contribution is -0.121. The minimum atomic E-state index is -0.481. The fraction of sp³-hybridized carbons (Fsp3) is 0.333. The zero-order chi connectivity index (χ0) is 21.6. The highest BCUT2D eigenvalue weighted by Crippen LogP contribution is 2.46. The fourth-order valence-electron chi connectivity index (χ4n) is 5.35. The molecule has 2 aliphatic rings. The maximum atomic E-state index is 13.7. The molecule has 2 saturated heterocycles. The van der Waals surface area contributed by atoms with Gasteiger partial charge in [-0.05, 0) is 42.8 Å².